The van der Waals surface area contributed by atoms with Gasteiger partial charge in [0.1, 0.15) is 0 Å². The molecule has 0 saturated carbocycles. The molecule has 20 heavy (non-hydrogen) atoms. The first kappa shape index (κ1) is 14.1. The van der Waals surface area contributed by atoms with Crippen LogP contribution in [-0.2, 0) is 6.42 Å². The van der Waals surface area contributed by atoms with Gasteiger partial charge in [-0.05, 0) is 69.7 Å². The van der Waals surface area contributed by atoms with Crippen molar-refractivity contribution in [3.05, 3.63) is 35.4 Å². The molecule has 1 aromatic rings. The highest BCUT2D eigenvalue weighted by Crippen LogP contribution is 2.40. The summed E-state index contributed by atoms with van der Waals surface area (Å²) in [6, 6.07) is 8.68. The quantitative estimate of drug-likeness (QED) is 0.909. The lowest BCUT2D eigenvalue weighted by Gasteiger charge is -2.45. The smallest absolute Gasteiger partial charge is 0.0724 e. The zero-order chi connectivity index (χ0) is 14.2. The lowest BCUT2D eigenvalue weighted by Crippen LogP contribution is -2.54. The Hall–Kier alpha value is -0.860. The normalized spacial score (nSPS) is 24.9. The number of hydrogen-bond donors (Lipinski definition) is 1. The van der Waals surface area contributed by atoms with Gasteiger partial charge >= 0.3 is 0 Å². The SMILES string of the molecule is CC(C)(C(O)CC1Cc2ccccc21)N1CCCCC1. The van der Waals surface area contributed by atoms with Crippen molar-refractivity contribution in [1.29, 1.82) is 0 Å². The Morgan fingerprint density at radius 3 is 2.60 bits per heavy atom. The van der Waals surface area contributed by atoms with E-state index in [0.29, 0.717) is 5.92 Å². The van der Waals surface area contributed by atoms with Gasteiger partial charge in [0.2, 0.25) is 0 Å². The molecule has 0 bridgehead atoms. The molecule has 0 amide bonds. The fraction of sp³-hybridized carbons (Fsp3) is 0.667. The summed E-state index contributed by atoms with van der Waals surface area (Å²) < 4.78 is 0. The molecular weight excluding hydrogens is 246 g/mol. The van der Waals surface area contributed by atoms with Crippen molar-refractivity contribution >= 4 is 0 Å². The predicted molar refractivity (Wildman–Crippen MR) is 83.0 cm³/mol. The predicted octanol–water partition coefficient (Wildman–Crippen LogP) is 3.34. The van der Waals surface area contributed by atoms with Gasteiger partial charge < -0.3 is 5.11 Å². The largest absolute Gasteiger partial charge is 0.391 e. The van der Waals surface area contributed by atoms with Crippen LogP contribution < -0.4 is 0 Å². The van der Waals surface area contributed by atoms with Crippen molar-refractivity contribution < 1.29 is 5.11 Å². The molecule has 1 aromatic carbocycles. The topological polar surface area (TPSA) is 23.5 Å². The zero-order valence-corrected chi connectivity index (χ0v) is 12.8. The van der Waals surface area contributed by atoms with Crippen LogP contribution in [0.1, 0.15) is 56.6 Å². The highest BCUT2D eigenvalue weighted by atomic mass is 16.3. The molecule has 1 saturated heterocycles. The minimum Gasteiger partial charge on any atom is -0.391 e. The molecule has 0 spiro atoms. The molecule has 2 nitrogen and oxygen atoms in total. The van der Waals surface area contributed by atoms with Crippen LogP contribution in [0.25, 0.3) is 0 Å². The fourth-order valence-corrected chi connectivity index (χ4v) is 3.81. The summed E-state index contributed by atoms with van der Waals surface area (Å²) in [6.07, 6.45) is 5.71. The number of rotatable bonds is 4. The first-order valence-corrected chi connectivity index (χ1v) is 8.10. The van der Waals surface area contributed by atoms with Crippen LogP contribution in [0, 0.1) is 0 Å². The second-order valence-electron chi connectivity index (χ2n) is 7.05. The number of fused-ring (bicyclic) bond motifs is 1. The number of benzene rings is 1. The lowest BCUT2D eigenvalue weighted by molar-refractivity contribution is -0.0272. The molecule has 1 N–H and O–H groups in total. The van der Waals surface area contributed by atoms with Crippen LogP contribution in [0.3, 0.4) is 0 Å². The molecule has 2 heteroatoms. The Labute approximate surface area is 122 Å². The van der Waals surface area contributed by atoms with E-state index in [-0.39, 0.29) is 11.6 Å². The van der Waals surface area contributed by atoms with Gasteiger partial charge in [-0.3, -0.25) is 4.90 Å². The van der Waals surface area contributed by atoms with Crippen molar-refractivity contribution in [3.63, 3.8) is 0 Å². The van der Waals surface area contributed by atoms with Crippen molar-refractivity contribution in [1.82, 2.24) is 4.90 Å². The van der Waals surface area contributed by atoms with E-state index in [2.05, 4.69) is 43.0 Å². The van der Waals surface area contributed by atoms with Crippen LogP contribution in [0.15, 0.2) is 24.3 Å². The Morgan fingerprint density at radius 1 is 1.20 bits per heavy atom. The number of nitrogens with zero attached hydrogens (tertiary/aromatic N) is 1. The Kier molecular flexibility index (Phi) is 3.87. The van der Waals surface area contributed by atoms with Gasteiger partial charge in [-0.15, -0.1) is 0 Å². The maximum atomic E-state index is 10.7. The molecule has 2 unspecified atom stereocenters. The number of aliphatic hydroxyl groups is 1. The van der Waals surface area contributed by atoms with Crippen molar-refractivity contribution in [2.75, 3.05) is 13.1 Å². The van der Waals surface area contributed by atoms with Gasteiger partial charge in [0.05, 0.1) is 6.10 Å². The monoisotopic (exact) mass is 273 g/mol. The summed E-state index contributed by atoms with van der Waals surface area (Å²) in [6.45, 7) is 6.72. The van der Waals surface area contributed by atoms with Crippen LogP contribution >= 0.6 is 0 Å². The Morgan fingerprint density at radius 2 is 1.90 bits per heavy atom. The van der Waals surface area contributed by atoms with E-state index in [1.54, 1.807) is 0 Å². The summed E-state index contributed by atoms with van der Waals surface area (Å²) in [4.78, 5) is 2.49. The standard InChI is InChI=1S/C18H27NO/c1-18(2,19-10-6-3-7-11-19)17(20)13-15-12-14-8-4-5-9-16(14)15/h4-5,8-9,15,17,20H,3,6-7,10-13H2,1-2H3. The van der Waals surface area contributed by atoms with Gasteiger partial charge in [-0.25, -0.2) is 0 Å². The van der Waals surface area contributed by atoms with E-state index in [1.807, 2.05) is 0 Å². The number of piperidine rings is 1. The van der Waals surface area contributed by atoms with Crippen LogP contribution in [0.5, 0.6) is 0 Å². The molecule has 1 aliphatic carbocycles. The molecule has 2 aliphatic rings. The highest BCUT2D eigenvalue weighted by Gasteiger charge is 2.38. The second-order valence-corrected chi connectivity index (χ2v) is 7.05. The number of likely N-dealkylation sites (tertiary alicyclic amines) is 1. The van der Waals surface area contributed by atoms with Gasteiger partial charge in [-0.2, -0.15) is 0 Å². The molecule has 110 valence electrons. The van der Waals surface area contributed by atoms with Crippen LogP contribution in [0.2, 0.25) is 0 Å². The van der Waals surface area contributed by atoms with E-state index in [9.17, 15) is 5.11 Å². The van der Waals surface area contributed by atoms with Crippen molar-refractivity contribution in [3.8, 4) is 0 Å². The Bertz CT molecular complexity index is 462. The molecule has 1 aliphatic heterocycles. The van der Waals surface area contributed by atoms with E-state index in [0.717, 1.165) is 25.9 Å². The summed E-state index contributed by atoms with van der Waals surface area (Å²) >= 11 is 0. The molecule has 1 fully saturated rings. The third kappa shape index (κ3) is 2.51. The van der Waals surface area contributed by atoms with Crippen molar-refractivity contribution in [2.24, 2.45) is 0 Å². The average molecular weight is 273 g/mol. The summed E-state index contributed by atoms with van der Waals surface area (Å²) in [5.74, 6) is 0.560. The van der Waals surface area contributed by atoms with Gasteiger partial charge in [0, 0.05) is 5.54 Å². The van der Waals surface area contributed by atoms with Crippen LogP contribution in [-0.4, -0.2) is 34.7 Å². The first-order chi connectivity index (χ1) is 9.59. The molecule has 2 atom stereocenters. The van der Waals surface area contributed by atoms with Gasteiger partial charge in [-0.1, -0.05) is 30.7 Å². The fourth-order valence-electron chi connectivity index (χ4n) is 3.81. The molecule has 1 heterocycles. The summed E-state index contributed by atoms with van der Waals surface area (Å²) in [7, 11) is 0. The van der Waals surface area contributed by atoms with Gasteiger partial charge in [0.15, 0.2) is 0 Å². The zero-order valence-electron chi connectivity index (χ0n) is 12.8. The minimum atomic E-state index is -0.237. The summed E-state index contributed by atoms with van der Waals surface area (Å²) in [5.41, 5.74) is 2.84. The van der Waals surface area contributed by atoms with Crippen molar-refractivity contribution in [2.45, 2.75) is 63.5 Å². The summed E-state index contributed by atoms with van der Waals surface area (Å²) in [5, 5.41) is 10.7. The maximum absolute atomic E-state index is 10.7. The maximum Gasteiger partial charge on any atom is 0.0724 e. The third-order valence-corrected chi connectivity index (χ3v) is 5.46. The highest BCUT2D eigenvalue weighted by molar-refractivity contribution is 5.40. The average Bonchev–Trinajstić information content (AvgIpc) is 2.45. The van der Waals surface area contributed by atoms with Crippen LogP contribution in [0.4, 0.5) is 0 Å². The van der Waals surface area contributed by atoms with Gasteiger partial charge in [0.25, 0.3) is 0 Å². The first-order valence-electron chi connectivity index (χ1n) is 8.10. The number of hydrogen-bond acceptors (Lipinski definition) is 2. The molecular formula is C18H27NO. The lowest BCUT2D eigenvalue weighted by atomic mass is 9.72. The van der Waals surface area contributed by atoms with E-state index in [4.69, 9.17) is 0 Å². The second kappa shape index (κ2) is 5.50. The third-order valence-electron chi connectivity index (χ3n) is 5.46. The molecule has 3 rings (SSSR count). The minimum absolute atomic E-state index is 0.0923. The molecule has 0 aromatic heterocycles. The van der Waals surface area contributed by atoms with E-state index >= 15 is 0 Å². The van der Waals surface area contributed by atoms with E-state index < -0.39 is 0 Å². The Balaban J connectivity index is 1.63. The molecule has 0 radical (unpaired) electrons. The van der Waals surface area contributed by atoms with E-state index in [1.165, 1.54) is 30.4 Å². The number of aliphatic hydroxyl groups excluding tert-OH is 1.